The summed E-state index contributed by atoms with van der Waals surface area (Å²) in [5.41, 5.74) is 1.34. The molecule has 162 valence electrons. The van der Waals surface area contributed by atoms with E-state index in [2.05, 4.69) is 4.99 Å². The molecule has 7 nitrogen and oxygen atoms in total. The first-order chi connectivity index (χ1) is 15.3. The normalized spacial score (nSPS) is 14.8. The van der Waals surface area contributed by atoms with Crippen LogP contribution in [0.5, 0.6) is 11.5 Å². The molecule has 1 heterocycles. The predicted octanol–water partition coefficient (Wildman–Crippen LogP) is 4.46. The highest BCUT2D eigenvalue weighted by atomic mass is 35.5. The number of ether oxygens (including phenoxy) is 2. The monoisotopic (exact) mass is 469 g/mol. The Hall–Kier alpha value is -3.62. The largest absolute Gasteiger partial charge is 0.497 e. The van der Waals surface area contributed by atoms with Gasteiger partial charge in [-0.25, -0.2) is 9.79 Å². The van der Waals surface area contributed by atoms with Gasteiger partial charge in [0.15, 0.2) is 5.70 Å². The molecule has 0 bridgehead atoms. The van der Waals surface area contributed by atoms with E-state index >= 15 is 0 Å². The Bertz CT molecular complexity index is 1330. The van der Waals surface area contributed by atoms with E-state index in [0.717, 1.165) is 0 Å². The van der Waals surface area contributed by atoms with Crippen LogP contribution < -0.4 is 8.92 Å². The molecule has 0 aromatic heterocycles. The van der Waals surface area contributed by atoms with Gasteiger partial charge < -0.3 is 13.7 Å². The molecule has 1 aliphatic heterocycles. The highest BCUT2D eigenvalue weighted by Gasteiger charge is 2.24. The first kappa shape index (κ1) is 21.6. The van der Waals surface area contributed by atoms with Crippen molar-refractivity contribution in [1.82, 2.24) is 0 Å². The SMILES string of the molecule is COc1cccc(C2=NC(=Cc3ccc(OS(=O)(=O)c4ccc(Cl)cc4)cc3)C(=O)O2)c1. The molecule has 0 saturated carbocycles. The van der Waals surface area contributed by atoms with Crippen molar-refractivity contribution in [3.8, 4) is 11.5 Å². The Labute approximate surface area is 189 Å². The molecule has 32 heavy (non-hydrogen) atoms. The van der Waals surface area contributed by atoms with Crippen molar-refractivity contribution >= 4 is 39.7 Å². The molecule has 0 atom stereocenters. The summed E-state index contributed by atoms with van der Waals surface area (Å²) in [7, 11) is -2.46. The molecule has 4 rings (SSSR count). The Morgan fingerprint density at radius 2 is 1.69 bits per heavy atom. The van der Waals surface area contributed by atoms with Gasteiger partial charge in [-0.15, -0.1) is 0 Å². The molecular formula is C23H16ClNO6S. The topological polar surface area (TPSA) is 91.3 Å². The van der Waals surface area contributed by atoms with Gasteiger partial charge >= 0.3 is 16.1 Å². The Balaban J connectivity index is 1.52. The molecule has 9 heteroatoms. The lowest BCUT2D eigenvalue weighted by molar-refractivity contribution is -0.129. The first-order valence-electron chi connectivity index (χ1n) is 9.31. The van der Waals surface area contributed by atoms with Crippen LogP contribution in [0.1, 0.15) is 11.1 Å². The Kier molecular flexibility index (Phi) is 5.98. The van der Waals surface area contributed by atoms with Crippen molar-refractivity contribution in [2.45, 2.75) is 4.90 Å². The second-order valence-corrected chi connectivity index (χ2v) is 8.61. The van der Waals surface area contributed by atoms with E-state index in [1.165, 1.54) is 42.5 Å². The van der Waals surface area contributed by atoms with Crippen LogP contribution >= 0.6 is 11.6 Å². The van der Waals surface area contributed by atoms with E-state index in [1.807, 2.05) is 0 Å². The highest BCUT2D eigenvalue weighted by Crippen LogP contribution is 2.24. The molecule has 0 saturated heterocycles. The zero-order chi connectivity index (χ0) is 22.7. The zero-order valence-corrected chi connectivity index (χ0v) is 18.3. The van der Waals surface area contributed by atoms with Crippen LogP contribution in [0.15, 0.2) is 88.4 Å². The molecule has 1 aliphatic rings. The third kappa shape index (κ3) is 4.82. The minimum absolute atomic E-state index is 0.0128. The summed E-state index contributed by atoms with van der Waals surface area (Å²) in [5, 5.41) is 0.420. The number of methoxy groups -OCH3 is 1. The maximum atomic E-state index is 12.4. The van der Waals surface area contributed by atoms with Gasteiger partial charge in [-0.3, -0.25) is 0 Å². The number of benzene rings is 3. The number of hydrogen-bond acceptors (Lipinski definition) is 7. The van der Waals surface area contributed by atoms with Gasteiger partial charge in [0, 0.05) is 10.6 Å². The Morgan fingerprint density at radius 1 is 0.969 bits per heavy atom. The van der Waals surface area contributed by atoms with Gasteiger partial charge in [0.1, 0.15) is 16.4 Å². The van der Waals surface area contributed by atoms with Gasteiger partial charge in [-0.2, -0.15) is 8.42 Å². The third-order valence-corrected chi connectivity index (χ3v) is 5.94. The van der Waals surface area contributed by atoms with Crippen molar-refractivity contribution in [2.75, 3.05) is 7.11 Å². The van der Waals surface area contributed by atoms with Gasteiger partial charge in [-0.05, 0) is 66.2 Å². The van der Waals surface area contributed by atoms with Crippen LogP contribution in [0.3, 0.4) is 0 Å². The summed E-state index contributed by atoms with van der Waals surface area (Å²) in [6.07, 6.45) is 1.53. The number of carbonyl (C=O) groups is 1. The van der Waals surface area contributed by atoms with Gasteiger partial charge in [0.05, 0.1) is 7.11 Å². The van der Waals surface area contributed by atoms with Gasteiger partial charge in [0.2, 0.25) is 5.90 Å². The van der Waals surface area contributed by atoms with Crippen LogP contribution in [-0.4, -0.2) is 27.4 Å². The van der Waals surface area contributed by atoms with Crippen molar-refractivity contribution in [3.63, 3.8) is 0 Å². The van der Waals surface area contributed by atoms with Crippen LogP contribution in [0.2, 0.25) is 5.02 Å². The number of esters is 1. The first-order valence-corrected chi connectivity index (χ1v) is 11.1. The maximum absolute atomic E-state index is 12.4. The van der Waals surface area contributed by atoms with E-state index < -0.39 is 16.1 Å². The van der Waals surface area contributed by atoms with Crippen LogP contribution in [0, 0.1) is 0 Å². The van der Waals surface area contributed by atoms with Crippen molar-refractivity contribution < 1.29 is 26.9 Å². The van der Waals surface area contributed by atoms with Crippen molar-refractivity contribution in [3.05, 3.63) is 94.6 Å². The summed E-state index contributed by atoms with van der Waals surface area (Å²) in [6, 6.07) is 18.8. The van der Waals surface area contributed by atoms with E-state index in [9.17, 15) is 13.2 Å². The molecule has 0 unspecified atom stereocenters. The zero-order valence-electron chi connectivity index (χ0n) is 16.7. The fraction of sp³-hybridized carbons (Fsp3) is 0.0435. The fourth-order valence-corrected chi connectivity index (χ4v) is 3.90. The number of hydrogen-bond donors (Lipinski definition) is 0. The number of rotatable bonds is 6. The number of nitrogens with zero attached hydrogens (tertiary/aromatic N) is 1. The minimum Gasteiger partial charge on any atom is -0.497 e. The molecule has 0 spiro atoms. The molecule has 0 N–H and O–H groups in total. The Morgan fingerprint density at radius 3 is 2.38 bits per heavy atom. The molecule has 3 aromatic carbocycles. The molecule has 3 aromatic rings. The number of halogens is 1. The summed E-state index contributed by atoms with van der Waals surface area (Å²) in [6.45, 7) is 0. The summed E-state index contributed by atoms with van der Waals surface area (Å²) >= 11 is 5.79. The van der Waals surface area contributed by atoms with Crippen LogP contribution in [-0.2, 0) is 19.6 Å². The second-order valence-electron chi connectivity index (χ2n) is 6.63. The van der Waals surface area contributed by atoms with Gasteiger partial charge in [-0.1, -0.05) is 29.8 Å². The van der Waals surface area contributed by atoms with E-state index in [4.69, 9.17) is 25.3 Å². The van der Waals surface area contributed by atoms with E-state index in [1.54, 1.807) is 43.5 Å². The van der Waals surface area contributed by atoms with Gasteiger partial charge in [0.25, 0.3) is 0 Å². The van der Waals surface area contributed by atoms with E-state index in [-0.39, 0.29) is 22.2 Å². The van der Waals surface area contributed by atoms with E-state index in [0.29, 0.717) is 21.9 Å². The standard InChI is InChI=1S/C23H16ClNO6S/c1-29-19-4-2-3-16(14-19)22-25-21(23(26)30-22)13-15-5-9-18(10-6-15)31-32(27,28)20-11-7-17(24)8-12-20/h2-14H,1H3. The van der Waals surface area contributed by atoms with Crippen molar-refractivity contribution in [2.24, 2.45) is 4.99 Å². The molecule has 0 fully saturated rings. The predicted molar refractivity (Wildman–Crippen MR) is 119 cm³/mol. The molecule has 0 amide bonds. The average Bonchev–Trinajstić information content (AvgIpc) is 3.15. The molecule has 0 aliphatic carbocycles. The minimum atomic E-state index is -4.00. The average molecular weight is 470 g/mol. The lowest BCUT2D eigenvalue weighted by Gasteiger charge is -2.07. The van der Waals surface area contributed by atoms with Crippen molar-refractivity contribution in [1.29, 1.82) is 0 Å². The fourth-order valence-electron chi connectivity index (χ4n) is 2.84. The number of carbonyl (C=O) groups excluding carboxylic acids is 1. The molecular weight excluding hydrogens is 454 g/mol. The maximum Gasteiger partial charge on any atom is 0.363 e. The smallest absolute Gasteiger partial charge is 0.363 e. The highest BCUT2D eigenvalue weighted by molar-refractivity contribution is 7.87. The summed E-state index contributed by atoms with van der Waals surface area (Å²) in [5.74, 6) is 0.321. The lowest BCUT2D eigenvalue weighted by atomic mass is 10.2. The van der Waals surface area contributed by atoms with Crippen LogP contribution in [0.4, 0.5) is 0 Å². The molecule has 0 radical (unpaired) electrons. The lowest BCUT2D eigenvalue weighted by Crippen LogP contribution is -2.09. The summed E-state index contributed by atoms with van der Waals surface area (Å²) < 4.78 is 40.3. The number of aliphatic imine (C=N–C) groups is 1. The second kappa shape index (κ2) is 8.86. The number of cyclic esters (lactones) is 1. The third-order valence-electron chi connectivity index (χ3n) is 4.43. The summed E-state index contributed by atoms with van der Waals surface area (Å²) in [4.78, 5) is 16.4. The quantitative estimate of drug-likeness (QED) is 0.301. The van der Waals surface area contributed by atoms with Crippen LogP contribution in [0.25, 0.3) is 6.08 Å².